The molecule has 0 saturated heterocycles. The zero-order chi connectivity index (χ0) is 26.0. The molecule has 3 nitrogen and oxygen atoms in total. The molecule has 206 valence electrons. The van der Waals surface area contributed by atoms with Crippen LogP contribution in [-0.2, 0) is 11.0 Å². The molecule has 1 heterocycles. The Labute approximate surface area is 220 Å². The Balaban J connectivity index is 3.09. The number of nitrogens with two attached hydrogens (primary N) is 1. The molecule has 0 aliphatic carbocycles. The molecule has 2 N–H and O–H groups in total. The first kappa shape index (κ1) is 32.0. The number of aromatic nitrogens is 2. The van der Waals surface area contributed by atoms with E-state index < -0.39 is 0 Å². The molecule has 0 bridgehead atoms. The van der Waals surface area contributed by atoms with Crippen molar-refractivity contribution in [2.75, 3.05) is 5.73 Å². The second-order valence-electron chi connectivity index (χ2n) is 12.0. The number of anilines is 1. The van der Waals surface area contributed by atoms with E-state index in [9.17, 15) is 0 Å². The predicted octanol–water partition coefficient (Wildman–Crippen LogP) is 10.7. The van der Waals surface area contributed by atoms with E-state index in [0.29, 0.717) is 0 Å². The van der Waals surface area contributed by atoms with Gasteiger partial charge in [0.05, 0.1) is 5.54 Å². The largest absolute Gasteiger partial charge is 0.382 e. The van der Waals surface area contributed by atoms with E-state index in [4.69, 9.17) is 10.8 Å². The second kappa shape index (κ2) is 18.3. The second-order valence-corrected chi connectivity index (χ2v) is 12.0. The van der Waals surface area contributed by atoms with Crippen LogP contribution >= 0.6 is 0 Å². The van der Waals surface area contributed by atoms with Crippen molar-refractivity contribution >= 4 is 5.82 Å². The minimum Gasteiger partial charge on any atom is -0.382 e. The molecule has 0 spiro atoms. The van der Waals surface area contributed by atoms with E-state index in [2.05, 4.69) is 52.4 Å². The maximum atomic E-state index is 6.72. The number of hydrogen-bond acceptors (Lipinski definition) is 2. The lowest BCUT2D eigenvalue weighted by Crippen LogP contribution is -2.31. The van der Waals surface area contributed by atoms with Crippen LogP contribution in [0, 0.1) is 0 Å². The van der Waals surface area contributed by atoms with Crippen molar-refractivity contribution in [2.45, 2.75) is 187 Å². The van der Waals surface area contributed by atoms with Crippen molar-refractivity contribution in [3.8, 4) is 0 Å². The maximum absolute atomic E-state index is 6.72. The van der Waals surface area contributed by atoms with Gasteiger partial charge < -0.3 is 5.73 Å². The normalized spacial score (nSPS) is 13.9. The van der Waals surface area contributed by atoms with Crippen molar-refractivity contribution < 1.29 is 0 Å². The average molecular weight is 490 g/mol. The van der Waals surface area contributed by atoms with Gasteiger partial charge in [-0.25, -0.2) is 0 Å². The SMILES string of the molecule is CCCCCCCC(C)(CCCCCC)n1cc(C(C)(CCCCCC)CCCCCC)c(N)n1. The Morgan fingerprint density at radius 1 is 0.600 bits per heavy atom. The standard InChI is InChI=1S/C32H63N3/c1-7-11-15-19-23-27-32(6,26-22-18-14-10-4)35-28-29(30(33)34-35)31(5,24-20-16-12-8-2)25-21-17-13-9-3/h28H,7-27H2,1-6H3,(H2,33,34). The van der Waals surface area contributed by atoms with E-state index in [-0.39, 0.29) is 11.0 Å². The molecule has 0 aliphatic heterocycles. The third-order valence-corrected chi connectivity index (χ3v) is 8.50. The zero-order valence-electron chi connectivity index (χ0n) is 24.9. The Morgan fingerprint density at radius 3 is 1.40 bits per heavy atom. The van der Waals surface area contributed by atoms with Gasteiger partial charge in [0.25, 0.3) is 0 Å². The Hall–Kier alpha value is -0.990. The van der Waals surface area contributed by atoms with E-state index in [0.717, 1.165) is 5.82 Å². The Bertz CT molecular complexity index is 623. The van der Waals surface area contributed by atoms with Gasteiger partial charge in [0.15, 0.2) is 0 Å². The van der Waals surface area contributed by atoms with Gasteiger partial charge in [-0.05, 0) is 38.0 Å². The molecule has 35 heavy (non-hydrogen) atoms. The number of rotatable bonds is 23. The van der Waals surface area contributed by atoms with Gasteiger partial charge in [0.1, 0.15) is 5.82 Å². The van der Waals surface area contributed by atoms with Crippen LogP contribution in [0.15, 0.2) is 6.20 Å². The molecule has 1 aromatic heterocycles. The fourth-order valence-corrected chi connectivity index (χ4v) is 5.80. The minimum absolute atomic E-state index is 0.0810. The highest BCUT2D eigenvalue weighted by Crippen LogP contribution is 2.40. The summed E-state index contributed by atoms with van der Waals surface area (Å²) in [5, 5.41) is 5.05. The van der Waals surface area contributed by atoms with Gasteiger partial charge in [-0.1, -0.05) is 144 Å². The molecule has 0 saturated carbocycles. The molecular weight excluding hydrogens is 426 g/mol. The lowest BCUT2D eigenvalue weighted by atomic mass is 9.75. The molecule has 1 unspecified atom stereocenters. The van der Waals surface area contributed by atoms with Gasteiger partial charge in [-0.3, -0.25) is 4.68 Å². The summed E-state index contributed by atoms with van der Waals surface area (Å²) in [4.78, 5) is 0. The van der Waals surface area contributed by atoms with E-state index in [1.165, 1.54) is 140 Å². The zero-order valence-corrected chi connectivity index (χ0v) is 24.9. The summed E-state index contributed by atoms with van der Waals surface area (Å²) in [7, 11) is 0. The summed E-state index contributed by atoms with van der Waals surface area (Å²) >= 11 is 0. The molecule has 0 aliphatic rings. The summed E-state index contributed by atoms with van der Waals surface area (Å²) in [5.41, 5.74) is 8.28. The highest BCUT2D eigenvalue weighted by atomic mass is 15.3. The fraction of sp³-hybridized carbons (Fsp3) is 0.906. The van der Waals surface area contributed by atoms with Crippen LogP contribution < -0.4 is 5.73 Å². The molecule has 3 heteroatoms. The molecule has 0 radical (unpaired) electrons. The fourth-order valence-electron chi connectivity index (χ4n) is 5.80. The molecule has 0 fully saturated rings. The van der Waals surface area contributed by atoms with Gasteiger partial charge >= 0.3 is 0 Å². The number of unbranched alkanes of at least 4 members (excludes halogenated alkanes) is 13. The average Bonchev–Trinajstić information content (AvgIpc) is 3.25. The van der Waals surface area contributed by atoms with Crippen molar-refractivity contribution in [3.05, 3.63) is 11.8 Å². The first-order valence-corrected chi connectivity index (χ1v) is 15.7. The van der Waals surface area contributed by atoms with Gasteiger partial charge in [0.2, 0.25) is 0 Å². The predicted molar refractivity (Wildman–Crippen MR) is 157 cm³/mol. The minimum atomic E-state index is 0.0810. The lowest BCUT2D eigenvalue weighted by Gasteiger charge is -2.32. The van der Waals surface area contributed by atoms with E-state index >= 15 is 0 Å². The molecule has 1 rings (SSSR count). The molecule has 1 aromatic rings. The van der Waals surface area contributed by atoms with Crippen molar-refractivity contribution in [1.82, 2.24) is 9.78 Å². The smallest absolute Gasteiger partial charge is 0.149 e. The number of nitrogens with zero attached hydrogens (tertiary/aromatic N) is 2. The highest BCUT2D eigenvalue weighted by molar-refractivity contribution is 5.43. The van der Waals surface area contributed by atoms with Gasteiger partial charge in [-0.2, -0.15) is 5.10 Å². The highest BCUT2D eigenvalue weighted by Gasteiger charge is 2.34. The Morgan fingerprint density at radius 2 is 0.971 bits per heavy atom. The summed E-state index contributed by atoms with van der Waals surface area (Å²) in [6.07, 6.45) is 29.8. The van der Waals surface area contributed by atoms with Crippen LogP contribution in [0.4, 0.5) is 5.82 Å². The summed E-state index contributed by atoms with van der Waals surface area (Å²) in [6, 6.07) is 0. The number of hydrogen-bond donors (Lipinski definition) is 1. The third kappa shape index (κ3) is 11.7. The van der Waals surface area contributed by atoms with Crippen LogP contribution in [0.5, 0.6) is 0 Å². The van der Waals surface area contributed by atoms with E-state index in [1.807, 2.05) is 0 Å². The quantitative estimate of drug-likeness (QED) is 0.155. The third-order valence-electron chi connectivity index (χ3n) is 8.50. The molecular formula is C32H63N3. The monoisotopic (exact) mass is 490 g/mol. The lowest BCUT2D eigenvalue weighted by molar-refractivity contribution is 0.227. The first-order valence-electron chi connectivity index (χ1n) is 15.7. The molecule has 0 amide bonds. The van der Waals surface area contributed by atoms with Crippen LogP contribution in [0.3, 0.4) is 0 Å². The van der Waals surface area contributed by atoms with Gasteiger partial charge in [-0.15, -0.1) is 0 Å². The summed E-state index contributed by atoms with van der Waals surface area (Å²) in [5.74, 6) is 0.796. The van der Waals surface area contributed by atoms with E-state index in [1.54, 1.807) is 0 Å². The molecule has 1 atom stereocenters. The van der Waals surface area contributed by atoms with Crippen molar-refractivity contribution in [2.24, 2.45) is 0 Å². The van der Waals surface area contributed by atoms with Crippen molar-refractivity contribution in [1.29, 1.82) is 0 Å². The van der Waals surface area contributed by atoms with Crippen LogP contribution in [0.25, 0.3) is 0 Å². The summed E-state index contributed by atoms with van der Waals surface area (Å²) in [6.45, 7) is 14.1. The van der Waals surface area contributed by atoms with Crippen LogP contribution in [0.2, 0.25) is 0 Å². The first-order chi connectivity index (χ1) is 16.9. The summed E-state index contributed by atoms with van der Waals surface area (Å²) < 4.78 is 2.32. The van der Waals surface area contributed by atoms with Gasteiger partial charge in [0, 0.05) is 11.8 Å². The van der Waals surface area contributed by atoms with Crippen LogP contribution in [-0.4, -0.2) is 9.78 Å². The number of nitrogen functional groups attached to an aromatic ring is 1. The maximum Gasteiger partial charge on any atom is 0.149 e. The Kier molecular flexibility index (Phi) is 16.7. The van der Waals surface area contributed by atoms with Crippen molar-refractivity contribution in [3.63, 3.8) is 0 Å². The topological polar surface area (TPSA) is 43.8 Å². The van der Waals surface area contributed by atoms with Crippen LogP contribution in [0.1, 0.15) is 182 Å². The molecule has 0 aromatic carbocycles.